The number of anilines is 2. The van der Waals surface area contributed by atoms with Crippen LogP contribution in [0.1, 0.15) is 63.1 Å². The molecule has 0 fully saturated rings. The van der Waals surface area contributed by atoms with Crippen molar-refractivity contribution in [1.82, 2.24) is 14.9 Å². The Balaban J connectivity index is 2.27. The van der Waals surface area contributed by atoms with Gasteiger partial charge < -0.3 is 10.6 Å². The summed E-state index contributed by atoms with van der Waals surface area (Å²) in [6.45, 7) is 11.3. The largest absolute Gasteiger partial charge is 0.333 e. The molecule has 3 N–H and O–H groups in total. The molecule has 0 unspecified atom stereocenters. The zero-order valence-corrected chi connectivity index (χ0v) is 18.7. The molecule has 0 spiro atoms. The van der Waals surface area contributed by atoms with Crippen LogP contribution in [-0.2, 0) is 14.8 Å². The number of nitrogens with zero attached hydrogens (tertiary/aromatic N) is 2. The predicted molar refractivity (Wildman–Crippen MR) is 115 cm³/mol. The van der Waals surface area contributed by atoms with Gasteiger partial charge in [-0.05, 0) is 42.0 Å². The molecule has 0 bridgehead atoms. The van der Waals surface area contributed by atoms with Crippen LogP contribution < -0.4 is 15.4 Å². The van der Waals surface area contributed by atoms with E-state index >= 15 is 0 Å². The zero-order valence-electron chi connectivity index (χ0n) is 17.9. The Kier molecular flexibility index (Phi) is 7.14. The van der Waals surface area contributed by atoms with Gasteiger partial charge in [-0.25, -0.2) is 9.52 Å². The van der Waals surface area contributed by atoms with Crippen molar-refractivity contribution < 1.29 is 18.0 Å². The van der Waals surface area contributed by atoms with Crippen molar-refractivity contribution in [2.45, 2.75) is 58.4 Å². The topological polar surface area (TPSA) is 130 Å². The predicted octanol–water partition coefficient (Wildman–Crippen LogP) is 3.50. The first-order valence-corrected chi connectivity index (χ1v) is 11.0. The third-order valence-electron chi connectivity index (χ3n) is 4.27. The molecule has 0 aliphatic heterocycles. The van der Waals surface area contributed by atoms with E-state index in [1.807, 2.05) is 51.5 Å². The highest BCUT2D eigenvalue weighted by molar-refractivity contribution is 7.90. The van der Waals surface area contributed by atoms with Crippen LogP contribution in [-0.4, -0.2) is 30.6 Å². The van der Waals surface area contributed by atoms with Crippen molar-refractivity contribution in [1.29, 1.82) is 0 Å². The van der Waals surface area contributed by atoms with Gasteiger partial charge in [0.05, 0.1) is 0 Å². The van der Waals surface area contributed by atoms with E-state index in [1.165, 1.54) is 13.0 Å². The summed E-state index contributed by atoms with van der Waals surface area (Å²) >= 11 is 0. The molecule has 0 aliphatic rings. The van der Waals surface area contributed by atoms with E-state index in [-0.39, 0.29) is 23.6 Å². The average molecular weight is 434 g/mol. The first-order chi connectivity index (χ1) is 13.9. The molecule has 162 valence electrons. The molecule has 0 radical (unpaired) electrons. The maximum atomic E-state index is 12.5. The molecule has 1 heterocycles. The number of hydrogen-bond donors (Lipinski definition) is 3. The normalized spacial score (nSPS) is 11.5. The Bertz CT molecular complexity index is 1020. The smallest absolute Gasteiger partial charge is 0.309 e. The summed E-state index contributed by atoms with van der Waals surface area (Å²) in [6.07, 6.45) is 0. The molecule has 1 aromatic heterocycles. The number of sulfonamides is 1. The zero-order chi connectivity index (χ0) is 22.6. The van der Waals surface area contributed by atoms with Crippen LogP contribution in [0.15, 0.2) is 29.3 Å². The molecular formula is C20H27N5O4S. The van der Waals surface area contributed by atoms with Crippen LogP contribution in [0.2, 0.25) is 0 Å². The van der Waals surface area contributed by atoms with E-state index in [9.17, 15) is 18.0 Å². The summed E-state index contributed by atoms with van der Waals surface area (Å²) in [4.78, 5) is 23.6. The van der Waals surface area contributed by atoms with Gasteiger partial charge in [0.15, 0.2) is 10.8 Å². The lowest BCUT2D eigenvalue weighted by atomic mass is 9.90. The van der Waals surface area contributed by atoms with Gasteiger partial charge in [0.1, 0.15) is 0 Å². The number of amides is 3. The summed E-state index contributed by atoms with van der Waals surface area (Å²) in [5.41, 5.74) is 3.51. The Morgan fingerprint density at radius 2 is 1.50 bits per heavy atom. The molecule has 30 heavy (non-hydrogen) atoms. The van der Waals surface area contributed by atoms with Crippen molar-refractivity contribution in [3.05, 3.63) is 41.0 Å². The Hall–Kier alpha value is -3.01. The third-order valence-corrected chi connectivity index (χ3v) is 5.50. The van der Waals surface area contributed by atoms with Gasteiger partial charge in [0.25, 0.3) is 10.0 Å². The maximum absolute atomic E-state index is 12.5. The monoisotopic (exact) mass is 433 g/mol. The molecule has 9 nitrogen and oxygen atoms in total. The summed E-state index contributed by atoms with van der Waals surface area (Å²) in [5, 5.41) is 11.8. The first kappa shape index (κ1) is 23.3. The second-order valence-electron chi connectivity index (χ2n) is 7.63. The molecule has 0 saturated carbocycles. The summed E-state index contributed by atoms with van der Waals surface area (Å²) in [6, 6.07) is 5.50. The summed E-state index contributed by atoms with van der Waals surface area (Å²) < 4.78 is 27.0. The fraction of sp³-hybridized carbons (Fsp3) is 0.400. The van der Waals surface area contributed by atoms with Crippen LogP contribution in [0, 0.1) is 6.92 Å². The lowest BCUT2D eigenvalue weighted by molar-refractivity contribution is -0.114. The number of aryl methyl sites for hydroxylation is 1. The van der Waals surface area contributed by atoms with Crippen molar-refractivity contribution in [2.24, 2.45) is 0 Å². The number of urea groups is 1. The number of carbonyl (C=O) groups is 2. The Morgan fingerprint density at radius 3 is 1.93 bits per heavy atom. The minimum atomic E-state index is -4.25. The van der Waals surface area contributed by atoms with Gasteiger partial charge in [0, 0.05) is 12.6 Å². The van der Waals surface area contributed by atoms with Gasteiger partial charge in [-0.3, -0.25) is 4.79 Å². The average Bonchev–Trinajstić information content (AvgIpc) is 2.61. The fourth-order valence-electron chi connectivity index (χ4n) is 2.92. The fourth-order valence-corrected chi connectivity index (χ4v) is 3.72. The van der Waals surface area contributed by atoms with Crippen LogP contribution in [0.3, 0.4) is 0 Å². The molecule has 0 saturated heterocycles. The summed E-state index contributed by atoms with van der Waals surface area (Å²) in [5.74, 6) is -0.00545. The van der Waals surface area contributed by atoms with Gasteiger partial charge in [-0.1, -0.05) is 45.4 Å². The van der Waals surface area contributed by atoms with Crippen LogP contribution in [0.4, 0.5) is 16.3 Å². The first-order valence-electron chi connectivity index (χ1n) is 9.50. The van der Waals surface area contributed by atoms with E-state index in [0.29, 0.717) is 5.69 Å². The summed E-state index contributed by atoms with van der Waals surface area (Å²) in [7, 11) is -4.25. The van der Waals surface area contributed by atoms with Crippen LogP contribution in [0.5, 0.6) is 0 Å². The molecule has 0 aliphatic carbocycles. The number of carbonyl (C=O) groups excluding carboxylic acids is 2. The highest BCUT2D eigenvalue weighted by Gasteiger charge is 2.23. The number of aromatic nitrogens is 2. The van der Waals surface area contributed by atoms with Crippen molar-refractivity contribution in [2.75, 3.05) is 10.6 Å². The second-order valence-corrected chi connectivity index (χ2v) is 9.25. The minimum absolute atomic E-state index is 0.105. The van der Waals surface area contributed by atoms with Gasteiger partial charge >= 0.3 is 6.03 Å². The Labute approximate surface area is 176 Å². The quantitative estimate of drug-likeness (QED) is 0.639. The van der Waals surface area contributed by atoms with Crippen molar-refractivity contribution in [3.8, 4) is 0 Å². The number of hydrogen-bond acceptors (Lipinski definition) is 6. The van der Waals surface area contributed by atoms with Crippen molar-refractivity contribution >= 4 is 33.5 Å². The van der Waals surface area contributed by atoms with Crippen molar-refractivity contribution in [3.63, 3.8) is 0 Å². The maximum Gasteiger partial charge on any atom is 0.333 e. The standard InChI is InChI=1S/C20H27N5O4S/c1-11(2)15-9-13(5)10-16(12(3)4)19(15)22-20(27)25-30(28,29)18-8-7-17(23-24-18)21-14(6)26/h7-12H,1-6H3,(H,21,23,26)(H2,22,25,27). The third kappa shape index (κ3) is 5.76. The van der Waals surface area contributed by atoms with Crippen LogP contribution >= 0.6 is 0 Å². The highest BCUT2D eigenvalue weighted by Crippen LogP contribution is 2.33. The molecule has 2 aromatic rings. The molecule has 1 aromatic carbocycles. The van der Waals surface area contributed by atoms with Gasteiger partial charge in [-0.15, -0.1) is 10.2 Å². The highest BCUT2D eigenvalue weighted by atomic mass is 32.2. The Morgan fingerprint density at radius 1 is 0.933 bits per heavy atom. The lowest BCUT2D eigenvalue weighted by Crippen LogP contribution is -2.35. The lowest BCUT2D eigenvalue weighted by Gasteiger charge is -2.21. The molecule has 0 atom stereocenters. The molecular weight excluding hydrogens is 406 g/mol. The van der Waals surface area contributed by atoms with E-state index in [4.69, 9.17) is 0 Å². The number of benzene rings is 1. The second kappa shape index (κ2) is 9.21. The SMILES string of the molecule is CC(=O)Nc1ccc(S(=O)(=O)NC(=O)Nc2c(C(C)C)cc(C)cc2C(C)C)nn1. The minimum Gasteiger partial charge on any atom is -0.309 e. The van der Waals surface area contributed by atoms with Gasteiger partial charge in [0.2, 0.25) is 5.91 Å². The van der Waals surface area contributed by atoms with E-state index in [2.05, 4.69) is 20.8 Å². The molecule has 2 rings (SSSR count). The van der Waals surface area contributed by atoms with E-state index in [1.54, 1.807) is 0 Å². The number of rotatable bonds is 6. The van der Waals surface area contributed by atoms with E-state index in [0.717, 1.165) is 22.8 Å². The molecule has 10 heteroatoms. The van der Waals surface area contributed by atoms with Crippen LogP contribution in [0.25, 0.3) is 0 Å². The molecule has 3 amide bonds. The van der Waals surface area contributed by atoms with Gasteiger partial charge in [-0.2, -0.15) is 8.42 Å². The van der Waals surface area contributed by atoms with E-state index < -0.39 is 21.1 Å². The number of nitrogens with one attached hydrogen (secondary N) is 3.